The van der Waals surface area contributed by atoms with Crippen molar-refractivity contribution in [3.05, 3.63) is 58.1 Å². The molecule has 140 valence electrons. The summed E-state index contributed by atoms with van der Waals surface area (Å²) in [5, 5.41) is 12.3. The molecular formula is C19H15ClF2N2O3. The van der Waals surface area contributed by atoms with Crippen molar-refractivity contribution in [2.24, 2.45) is 0 Å². The molecule has 0 aliphatic rings. The highest BCUT2D eigenvalue weighted by atomic mass is 35.5. The Morgan fingerprint density at radius 1 is 1.33 bits per heavy atom. The predicted octanol–water partition coefficient (Wildman–Crippen LogP) is 4.80. The third-order valence-corrected chi connectivity index (χ3v) is 3.78. The standard InChI is InChI=1S/C19H15ClF2N2O3/c1-11-6-7-14(20)9-15(11)24-18(25)13(10-23)8-12-4-3-5-16(26-2)17(12)27-19(21)22/h3-9,19H,1-2H3,(H,24,25)/b13-8+. The van der Waals surface area contributed by atoms with Gasteiger partial charge in [-0.25, -0.2) is 0 Å². The molecule has 0 unspecified atom stereocenters. The number of carbonyl (C=O) groups excluding carboxylic acids is 1. The molecule has 0 bridgehead atoms. The second-order valence-corrected chi connectivity index (χ2v) is 5.78. The zero-order valence-corrected chi connectivity index (χ0v) is 15.2. The van der Waals surface area contributed by atoms with Crippen LogP contribution in [0.15, 0.2) is 42.0 Å². The minimum atomic E-state index is -3.10. The number of rotatable bonds is 6. The minimum absolute atomic E-state index is 0.0485. The summed E-state index contributed by atoms with van der Waals surface area (Å²) < 4.78 is 34.9. The van der Waals surface area contributed by atoms with Gasteiger partial charge in [0.05, 0.1) is 7.11 Å². The van der Waals surface area contributed by atoms with E-state index in [4.69, 9.17) is 16.3 Å². The van der Waals surface area contributed by atoms with Crippen molar-refractivity contribution >= 4 is 29.3 Å². The van der Waals surface area contributed by atoms with E-state index in [0.717, 1.165) is 11.6 Å². The number of alkyl halides is 2. The van der Waals surface area contributed by atoms with Gasteiger partial charge in [0.25, 0.3) is 5.91 Å². The van der Waals surface area contributed by atoms with Crippen LogP contribution < -0.4 is 14.8 Å². The zero-order valence-electron chi connectivity index (χ0n) is 14.4. The molecule has 0 saturated carbocycles. The third kappa shape index (κ3) is 5.19. The van der Waals surface area contributed by atoms with Gasteiger partial charge in [0, 0.05) is 16.3 Å². The first-order valence-corrected chi connectivity index (χ1v) is 8.04. The fourth-order valence-electron chi connectivity index (χ4n) is 2.25. The number of halogens is 3. The summed E-state index contributed by atoms with van der Waals surface area (Å²) in [5.41, 5.74) is 0.974. The van der Waals surface area contributed by atoms with E-state index in [1.807, 2.05) is 0 Å². The fraction of sp³-hybridized carbons (Fsp3) is 0.158. The summed E-state index contributed by atoms with van der Waals surface area (Å²) in [7, 11) is 1.29. The molecule has 0 saturated heterocycles. The summed E-state index contributed by atoms with van der Waals surface area (Å²) in [5.74, 6) is -0.935. The van der Waals surface area contributed by atoms with Crippen molar-refractivity contribution in [2.75, 3.05) is 12.4 Å². The summed E-state index contributed by atoms with van der Waals surface area (Å²) in [6.45, 7) is -1.33. The quantitative estimate of drug-likeness (QED) is 0.566. The van der Waals surface area contributed by atoms with Gasteiger partial charge in [-0.2, -0.15) is 14.0 Å². The number of para-hydroxylation sites is 1. The molecule has 0 aliphatic carbocycles. The van der Waals surface area contributed by atoms with Crippen molar-refractivity contribution in [3.8, 4) is 17.6 Å². The van der Waals surface area contributed by atoms with Gasteiger partial charge >= 0.3 is 6.61 Å². The van der Waals surface area contributed by atoms with E-state index in [-0.39, 0.29) is 22.6 Å². The summed E-state index contributed by atoms with van der Waals surface area (Å²) in [6, 6.07) is 11.1. The van der Waals surface area contributed by atoms with E-state index in [0.29, 0.717) is 10.7 Å². The fourth-order valence-corrected chi connectivity index (χ4v) is 2.42. The highest BCUT2D eigenvalue weighted by Crippen LogP contribution is 2.34. The Hall–Kier alpha value is -3.11. The molecule has 2 aromatic carbocycles. The number of nitrogens with zero attached hydrogens (tertiary/aromatic N) is 1. The largest absolute Gasteiger partial charge is 0.493 e. The molecule has 5 nitrogen and oxygen atoms in total. The summed E-state index contributed by atoms with van der Waals surface area (Å²) in [4.78, 5) is 12.4. The Balaban J connectivity index is 2.39. The highest BCUT2D eigenvalue weighted by molar-refractivity contribution is 6.31. The third-order valence-electron chi connectivity index (χ3n) is 3.55. The summed E-state index contributed by atoms with van der Waals surface area (Å²) >= 11 is 5.91. The number of hydrogen-bond donors (Lipinski definition) is 1. The van der Waals surface area contributed by atoms with Crippen LogP contribution in [0.25, 0.3) is 6.08 Å². The van der Waals surface area contributed by atoms with Crippen LogP contribution in [0, 0.1) is 18.3 Å². The molecule has 2 aromatic rings. The number of ether oxygens (including phenoxy) is 2. The Morgan fingerprint density at radius 2 is 2.07 bits per heavy atom. The first-order chi connectivity index (χ1) is 12.8. The Morgan fingerprint density at radius 3 is 2.70 bits per heavy atom. The Kier molecular flexibility index (Phi) is 6.74. The lowest BCUT2D eigenvalue weighted by molar-refractivity contribution is -0.112. The molecule has 0 heterocycles. The van der Waals surface area contributed by atoms with Crippen LogP contribution in [0.1, 0.15) is 11.1 Å². The van der Waals surface area contributed by atoms with Crippen molar-refractivity contribution in [1.29, 1.82) is 5.26 Å². The normalized spacial score (nSPS) is 11.1. The van der Waals surface area contributed by atoms with Crippen molar-refractivity contribution in [2.45, 2.75) is 13.5 Å². The van der Waals surface area contributed by atoms with Crippen LogP contribution in [-0.4, -0.2) is 19.6 Å². The maximum absolute atomic E-state index is 12.7. The first-order valence-electron chi connectivity index (χ1n) is 7.66. The molecule has 8 heteroatoms. The van der Waals surface area contributed by atoms with Crippen LogP contribution in [0.4, 0.5) is 14.5 Å². The molecule has 1 amide bonds. The molecule has 0 spiro atoms. The molecule has 1 N–H and O–H groups in total. The second kappa shape index (κ2) is 9.01. The van der Waals surface area contributed by atoms with Crippen LogP contribution in [0.3, 0.4) is 0 Å². The second-order valence-electron chi connectivity index (χ2n) is 5.34. The van der Waals surface area contributed by atoms with E-state index in [1.165, 1.54) is 25.3 Å². The Bertz CT molecular complexity index is 924. The number of benzene rings is 2. The number of anilines is 1. The maximum atomic E-state index is 12.7. The molecule has 27 heavy (non-hydrogen) atoms. The van der Waals surface area contributed by atoms with Crippen molar-refractivity contribution in [3.63, 3.8) is 0 Å². The van der Waals surface area contributed by atoms with E-state index in [9.17, 15) is 18.8 Å². The minimum Gasteiger partial charge on any atom is -0.493 e. The SMILES string of the molecule is COc1cccc(/C=C(\C#N)C(=O)Nc2cc(Cl)ccc2C)c1OC(F)F. The monoisotopic (exact) mass is 392 g/mol. The van der Waals surface area contributed by atoms with Crippen molar-refractivity contribution < 1.29 is 23.0 Å². The lowest BCUT2D eigenvalue weighted by Crippen LogP contribution is -2.14. The molecule has 0 radical (unpaired) electrons. The van der Waals surface area contributed by atoms with Crippen LogP contribution in [-0.2, 0) is 4.79 Å². The van der Waals surface area contributed by atoms with Gasteiger partial charge in [-0.1, -0.05) is 29.8 Å². The van der Waals surface area contributed by atoms with E-state index < -0.39 is 12.5 Å². The van der Waals surface area contributed by atoms with Crippen LogP contribution in [0.2, 0.25) is 5.02 Å². The number of nitriles is 1. The molecular weight excluding hydrogens is 378 g/mol. The average molecular weight is 393 g/mol. The lowest BCUT2D eigenvalue weighted by atomic mass is 10.1. The maximum Gasteiger partial charge on any atom is 0.387 e. The van der Waals surface area contributed by atoms with Crippen LogP contribution in [0.5, 0.6) is 11.5 Å². The van der Waals surface area contributed by atoms with E-state index >= 15 is 0 Å². The predicted molar refractivity (Wildman–Crippen MR) is 98.0 cm³/mol. The van der Waals surface area contributed by atoms with E-state index in [1.54, 1.807) is 31.2 Å². The van der Waals surface area contributed by atoms with E-state index in [2.05, 4.69) is 10.1 Å². The summed E-state index contributed by atoms with van der Waals surface area (Å²) in [6.07, 6.45) is 1.15. The van der Waals surface area contributed by atoms with Gasteiger partial charge in [0.15, 0.2) is 11.5 Å². The van der Waals surface area contributed by atoms with Gasteiger partial charge < -0.3 is 14.8 Å². The number of amides is 1. The molecule has 0 atom stereocenters. The Labute approximate surface area is 159 Å². The lowest BCUT2D eigenvalue weighted by Gasteiger charge is -2.13. The number of methoxy groups -OCH3 is 1. The molecule has 0 fully saturated rings. The topological polar surface area (TPSA) is 71.3 Å². The van der Waals surface area contributed by atoms with Gasteiger partial charge in [-0.05, 0) is 36.8 Å². The van der Waals surface area contributed by atoms with Gasteiger partial charge in [0.1, 0.15) is 11.6 Å². The number of nitrogens with one attached hydrogen (secondary N) is 1. The van der Waals surface area contributed by atoms with Gasteiger partial charge in [-0.15, -0.1) is 0 Å². The molecule has 0 aliphatic heterocycles. The zero-order chi connectivity index (χ0) is 20.0. The van der Waals surface area contributed by atoms with Gasteiger partial charge in [-0.3, -0.25) is 4.79 Å². The average Bonchev–Trinajstić information content (AvgIpc) is 2.63. The first kappa shape index (κ1) is 20.2. The molecule has 0 aromatic heterocycles. The van der Waals surface area contributed by atoms with Gasteiger partial charge in [0.2, 0.25) is 0 Å². The van der Waals surface area contributed by atoms with Crippen LogP contribution >= 0.6 is 11.6 Å². The number of aryl methyl sites for hydroxylation is 1. The smallest absolute Gasteiger partial charge is 0.387 e. The number of carbonyl (C=O) groups is 1. The van der Waals surface area contributed by atoms with Crippen molar-refractivity contribution in [1.82, 2.24) is 0 Å². The number of hydrogen-bond acceptors (Lipinski definition) is 4. The highest BCUT2D eigenvalue weighted by Gasteiger charge is 2.17. The molecule has 2 rings (SSSR count).